The number of aliphatic hydroxyl groups excluding tert-OH is 1. The summed E-state index contributed by atoms with van der Waals surface area (Å²) in [6.07, 6.45) is 2.33. The highest BCUT2D eigenvalue weighted by Crippen LogP contribution is 2.40. The van der Waals surface area contributed by atoms with Crippen molar-refractivity contribution in [2.45, 2.75) is 32.3 Å². The highest BCUT2D eigenvalue weighted by molar-refractivity contribution is 5.91. The second-order valence-electron chi connectivity index (χ2n) is 7.53. The summed E-state index contributed by atoms with van der Waals surface area (Å²) in [5, 5.41) is 20.3. The molecule has 1 N–H and O–H groups in total. The van der Waals surface area contributed by atoms with Gasteiger partial charge in [-0.1, -0.05) is 0 Å². The zero-order valence-electron chi connectivity index (χ0n) is 15.7. The number of anilines is 1. The molecule has 2 saturated heterocycles. The Kier molecular flexibility index (Phi) is 5.17. The lowest BCUT2D eigenvalue weighted by Gasteiger charge is -2.50. The van der Waals surface area contributed by atoms with E-state index in [2.05, 4.69) is 27.9 Å². The van der Waals surface area contributed by atoms with Gasteiger partial charge in [-0.3, -0.25) is 0 Å². The molecule has 3 rings (SSSR count). The molecule has 2 atom stereocenters. The average molecular weight is 358 g/mol. The third-order valence-electron chi connectivity index (χ3n) is 5.70. The summed E-state index contributed by atoms with van der Waals surface area (Å²) in [7, 11) is 3.40. The maximum absolute atomic E-state index is 11.9. The minimum absolute atomic E-state index is 0.200. The third kappa shape index (κ3) is 3.27. The van der Waals surface area contributed by atoms with Crippen molar-refractivity contribution in [1.82, 2.24) is 9.88 Å². The summed E-state index contributed by atoms with van der Waals surface area (Å²) in [6.45, 7) is 4.94. The fraction of sp³-hybridized carbons (Fsp3) is 0.632. The maximum atomic E-state index is 11.9. The molecule has 0 aromatic carbocycles. The summed E-state index contributed by atoms with van der Waals surface area (Å²) >= 11 is 0. The topological polar surface area (TPSA) is 89.7 Å². The van der Waals surface area contributed by atoms with E-state index in [0.717, 1.165) is 38.9 Å². The first-order valence-electron chi connectivity index (χ1n) is 9.02. The Hall–Kier alpha value is -2.17. The van der Waals surface area contributed by atoms with E-state index >= 15 is 0 Å². The lowest BCUT2D eigenvalue weighted by molar-refractivity contribution is -0.0466. The number of hydrogen-bond acceptors (Lipinski definition) is 7. The maximum Gasteiger partial charge on any atom is 0.339 e. The molecule has 0 unspecified atom stereocenters. The van der Waals surface area contributed by atoms with Gasteiger partial charge in [-0.05, 0) is 39.3 Å². The molecule has 1 aromatic heterocycles. The molecule has 3 heterocycles. The molecular formula is C19H26N4O3. The summed E-state index contributed by atoms with van der Waals surface area (Å²) in [5.41, 5.74) is 1.03. The van der Waals surface area contributed by atoms with E-state index in [1.807, 2.05) is 0 Å². The van der Waals surface area contributed by atoms with Gasteiger partial charge in [-0.25, -0.2) is 9.78 Å². The monoisotopic (exact) mass is 358 g/mol. The van der Waals surface area contributed by atoms with Crippen LogP contribution >= 0.6 is 0 Å². The summed E-state index contributed by atoms with van der Waals surface area (Å²) in [4.78, 5) is 20.8. The van der Waals surface area contributed by atoms with Gasteiger partial charge < -0.3 is 19.6 Å². The molecular weight excluding hydrogens is 332 g/mol. The molecule has 2 fully saturated rings. The van der Waals surface area contributed by atoms with Crippen LogP contribution in [0.3, 0.4) is 0 Å². The fourth-order valence-corrected chi connectivity index (χ4v) is 4.35. The van der Waals surface area contributed by atoms with Gasteiger partial charge in [-0.15, -0.1) is 0 Å². The SMILES string of the molecule is COC(=O)c1cc(C#N)c(N2CCC[C@]3(CN(C)CC[C@@H]3O)C2)nc1C. The molecule has 140 valence electrons. The van der Waals surface area contributed by atoms with Gasteiger partial charge >= 0.3 is 5.97 Å². The molecule has 0 radical (unpaired) electrons. The Bertz CT molecular complexity index is 745. The molecule has 26 heavy (non-hydrogen) atoms. The van der Waals surface area contributed by atoms with E-state index in [9.17, 15) is 15.2 Å². The normalized spacial score (nSPS) is 26.6. The largest absolute Gasteiger partial charge is 0.465 e. The lowest BCUT2D eigenvalue weighted by atomic mass is 9.71. The van der Waals surface area contributed by atoms with Gasteiger partial charge in [0.05, 0.1) is 30.0 Å². The molecule has 1 aromatic rings. The number of ether oxygens (including phenoxy) is 1. The van der Waals surface area contributed by atoms with Crippen LogP contribution in [0, 0.1) is 23.7 Å². The van der Waals surface area contributed by atoms with E-state index in [1.165, 1.54) is 7.11 Å². The Morgan fingerprint density at radius 3 is 2.92 bits per heavy atom. The lowest BCUT2D eigenvalue weighted by Crippen LogP contribution is -2.58. The molecule has 2 aliphatic rings. The van der Waals surface area contributed by atoms with Crippen LogP contribution in [0.4, 0.5) is 5.82 Å². The fourth-order valence-electron chi connectivity index (χ4n) is 4.35. The number of carbonyl (C=O) groups excluding carboxylic acids is 1. The van der Waals surface area contributed by atoms with Crippen LogP contribution in [-0.4, -0.2) is 67.4 Å². The molecule has 0 saturated carbocycles. The Morgan fingerprint density at radius 1 is 1.46 bits per heavy atom. The van der Waals surface area contributed by atoms with E-state index < -0.39 is 5.97 Å². The van der Waals surface area contributed by atoms with E-state index in [1.54, 1.807) is 13.0 Å². The van der Waals surface area contributed by atoms with Crippen molar-refractivity contribution in [2.24, 2.45) is 5.41 Å². The van der Waals surface area contributed by atoms with Crippen molar-refractivity contribution in [2.75, 3.05) is 45.2 Å². The molecule has 7 nitrogen and oxygen atoms in total. The van der Waals surface area contributed by atoms with Gasteiger partial charge in [0.25, 0.3) is 0 Å². The van der Waals surface area contributed by atoms with Gasteiger partial charge in [0.2, 0.25) is 0 Å². The molecule has 2 aliphatic heterocycles. The smallest absolute Gasteiger partial charge is 0.339 e. The van der Waals surface area contributed by atoms with Crippen molar-refractivity contribution in [3.05, 3.63) is 22.9 Å². The van der Waals surface area contributed by atoms with Gasteiger partial charge in [-0.2, -0.15) is 5.26 Å². The average Bonchev–Trinajstić information content (AvgIpc) is 2.64. The van der Waals surface area contributed by atoms with Crippen molar-refractivity contribution in [3.63, 3.8) is 0 Å². The zero-order chi connectivity index (χ0) is 18.9. The highest BCUT2D eigenvalue weighted by atomic mass is 16.5. The van der Waals surface area contributed by atoms with E-state index in [0.29, 0.717) is 29.2 Å². The van der Waals surface area contributed by atoms with Crippen LogP contribution in [0.2, 0.25) is 0 Å². The molecule has 0 amide bonds. The molecule has 0 bridgehead atoms. The summed E-state index contributed by atoms with van der Waals surface area (Å²) in [5.74, 6) is 0.106. The number of rotatable bonds is 2. The number of nitrogens with zero attached hydrogens (tertiary/aromatic N) is 4. The predicted octanol–water partition coefficient (Wildman–Crippen LogP) is 1.33. The van der Waals surface area contributed by atoms with Crippen molar-refractivity contribution in [3.8, 4) is 6.07 Å². The number of pyridine rings is 1. The number of carbonyl (C=O) groups is 1. The quantitative estimate of drug-likeness (QED) is 0.798. The summed E-state index contributed by atoms with van der Waals surface area (Å²) < 4.78 is 4.78. The number of nitriles is 1. The first-order chi connectivity index (χ1) is 12.4. The van der Waals surface area contributed by atoms with E-state index in [-0.39, 0.29) is 11.5 Å². The first kappa shape index (κ1) is 18.6. The van der Waals surface area contributed by atoms with Crippen LogP contribution in [-0.2, 0) is 4.74 Å². The second kappa shape index (κ2) is 7.22. The van der Waals surface area contributed by atoms with Crippen LogP contribution in [0.15, 0.2) is 6.07 Å². The van der Waals surface area contributed by atoms with Crippen molar-refractivity contribution < 1.29 is 14.6 Å². The predicted molar refractivity (Wildman–Crippen MR) is 97.0 cm³/mol. The molecule has 1 spiro atoms. The number of piperidine rings is 2. The molecule has 7 heteroatoms. The van der Waals surface area contributed by atoms with Crippen molar-refractivity contribution >= 4 is 11.8 Å². The number of esters is 1. The minimum atomic E-state index is -0.488. The van der Waals surface area contributed by atoms with E-state index in [4.69, 9.17) is 4.74 Å². The Labute approximate surface area is 154 Å². The van der Waals surface area contributed by atoms with Crippen LogP contribution in [0.1, 0.15) is 40.9 Å². The third-order valence-corrected chi connectivity index (χ3v) is 5.70. The summed E-state index contributed by atoms with van der Waals surface area (Å²) in [6, 6.07) is 3.73. The minimum Gasteiger partial charge on any atom is -0.465 e. The number of likely N-dealkylation sites (tertiary alicyclic amines) is 1. The standard InChI is InChI=1S/C19H26N4O3/c1-13-15(18(25)26-3)9-14(10-20)17(21-13)23-7-4-6-19(12-23)11-22(2)8-5-16(19)24/h9,16,24H,4-8,11-12H2,1-3H3/t16-,19-/m0/s1. The number of methoxy groups -OCH3 is 1. The zero-order valence-corrected chi connectivity index (χ0v) is 15.7. The number of hydrogen-bond donors (Lipinski definition) is 1. The van der Waals surface area contributed by atoms with Crippen LogP contribution in [0.25, 0.3) is 0 Å². The van der Waals surface area contributed by atoms with Crippen LogP contribution < -0.4 is 4.90 Å². The van der Waals surface area contributed by atoms with Crippen molar-refractivity contribution in [1.29, 1.82) is 5.26 Å². The van der Waals surface area contributed by atoms with Gasteiger partial charge in [0, 0.05) is 31.6 Å². The van der Waals surface area contributed by atoms with Crippen LogP contribution in [0.5, 0.6) is 0 Å². The van der Waals surface area contributed by atoms with Gasteiger partial charge in [0.1, 0.15) is 11.9 Å². The second-order valence-corrected chi connectivity index (χ2v) is 7.53. The highest BCUT2D eigenvalue weighted by Gasteiger charge is 2.45. The van der Waals surface area contributed by atoms with Gasteiger partial charge in [0.15, 0.2) is 0 Å². The first-order valence-corrected chi connectivity index (χ1v) is 9.02. The molecule has 0 aliphatic carbocycles. The number of aromatic nitrogens is 1. The Morgan fingerprint density at radius 2 is 2.23 bits per heavy atom. The number of aryl methyl sites for hydroxylation is 1. The number of aliphatic hydroxyl groups is 1. The Balaban J connectivity index is 1.94.